The molecule has 0 bridgehead atoms. The molecule has 1 aromatic heterocycles. The number of carbonyl (C=O) groups excluding carboxylic acids is 1. The van der Waals surface area contributed by atoms with E-state index in [1.165, 1.54) is 43.4 Å². The lowest BCUT2D eigenvalue weighted by Crippen LogP contribution is -2.33. The highest BCUT2D eigenvalue weighted by Crippen LogP contribution is 2.35. The van der Waals surface area contributed by atoms with E-state index in [9.17, 15) is 4.79 Å². The molecule has 1 atom stereocenters. The third-order valence-electron chi connectivity index (χ3n) is 4.19. The SMILES string of the molecule is O=C(NC[C@@H]1CCOC1)Nc1nnc(C2CCCCC2)s1. The fourth-order valence-electron chi connectivity index (χ4n) is 2.92. The van der Waals surface area contributed by atoms with E-state index < -0.39 is 0 Å². The van der Waals surface area contributed by atoms with Gasteiger partial charge in [0, 0.05) is 25.0 Å². The van der Waals surface area contributed by atoms with Crippen LogP contribution in [-0.2, 0) is 4.74 Å². The Balaban J connectivity index is 1.45. The second-order valence-corrected chi connectivity index (χ2v) is 6.85. The van der Waals surface area contributed by atoms with Crippen LogP contribution in [0.2, 0.25) is 0 Å². The van der Waals surface area contributed by atoms with Crippen LogP contribution in [0, 0.1) is 5.92 Å². The minimum Gasteiger partial charge on any atom is -0.381 e. The van der Waals surface area contributed by atoms with Gasteiger partial charge in [-0.1, -0.05) is 30.6 Å². The number of carbonyl (C=O) groups is 1. The van der Waals surface area contributed by atoms with Crippen LogP contribution >= 0.6 is 11.3 Å². The number of hydrogen-bond donors (Lipinski definition) is 2. The summed E-state index contributed by atoms with van der Waals surface area (Å²) in [7, 11) is 0. The van der Waals surface area contributed by atoms with Crippen molar-refractivity contribution < 1.29 is 9.53 Å². The molecule has 2 N–H and O–H groups in total. The Morgan fingerprint density at radius 3 is 2.86 bits per heavy atom. The summed E-state index contributed by atoms with van der Waals surface area (Å²) < 4.78 is 5.29. The van der Waals surface area contributed by atoms with E-state index in [4.69, 9.17) is 4.74 Å². The van der Waals surface area contributed by atoms with E-state index in [-0.39, 0.29) is 6.03 Å². The molecule has 1 saturated carbocycles. The van der Waals surface area contributed by atoms with Crippen LogP contribution < -0.4 is 10.6 Å². The van der Waals surface area contributed by atoms with Crippen molar-refractivity contribution in [2.45, 2.75) is 44.4 Å². The minimum atomic E-state index is -0.201. The van der Waals surface area contributed by atoms with Crippen LogP contribution in [0.1, 0.15) is 49.5 Å². The number of amides is 2. The number of rotatable bonds is 4. The van der Waals surface area contributed by atoms with Gasteiger partial charge in [-0.2, -0.15) is 0 Å². The summed E-state index contributed by atoms with van der Waals surface area (Å²) in [5.74, 6) is 0.966. The average Bonchev–Trinajstić information content (AvgIpc) is 3.17. The molecule has 1 saturated heterocycles. The molecule has 1 aliphatic heterocycles. The molecule has 116 valence electrons. The van der Waals surface area contributed by atoms with Crippen molar-refractivity contribution in [3.8, 4) is 0 Å². The summed E-state index contributed by atoms with van der Waals surface area (Å²) in [6.45, 7) is 2.19. The second kappa shape index (κ2) is 7.17. The van der Waals surface area contributed by atoms with Gasteiger partial charge in [-0.3, -0.25) is 5.32 Å². The summed E-state index contributed by atoms with van der Waals surface area (Å²) >= 11 is 1.51. The molecular weight excluding hydrogens is 288 g/mol. The molecule has 2 fully saturated rings. The quantitative estimate of drug-likeness (QED) is 0.896. The Morgan fingerprint density at radius 1 is 1.24 bits per heavy atom. The van der Waals surface area contributed by atoms with Crippen molar-refractivity contribution in [1.82, 2.24) is 15.5 Å². The number of nitrogens with zero attached hydrogens (tertiary/aromatic N) is 2. The Morgan fingerprint density at radius 2 is 2.10 bits per heavy atom. The first-order valence-electron chi connectivity index (χ1n) is 7.77. The smallest absolute Gasteiger partial charge is 0.321 e. The average molecular weight is 310 g/mol. The minimum absolute atomic E-state index is 0.201. The van der Waals surface area contributed by atoms with Crippen molar-refractivity contribution in [1.29, 1.82) is 0 Å². The van der Waals surface area contributed by atoms with Crippen molar-refractivity contribution in [3.63, 3.8) is 0 Å². The molecule has 6 nitrogen and oxygen atoms in total. The van der Waals surface area contributed by atoms with Gasteiger partial charge in [0.25, 0.3) is 0 Å². The van der Waals surface area contributed by atoms with Gasteiger partial charge in [0.1, 0.15) is 5.01 Å². The van der Waals surface area contributed by atoms with Crippen LogP contribution in [0.15, 0.2) is 0 Å². The Bertz CT molecular complexity index is 467. The van der Waals surface area contributed by atoms with Gasteiger partial charge in [0.2, 0.25) is 5.13 Å². The molecule has 0 aromatic carbocycles. The first-order chi connectivity index (χ1) is 10.3. The van der Waals surface area contributed by atoms with E-state index in [1.54, 1.807) is 0 Å². The van der Waals surface area contributed by atoms with Gasteiger partial charge in [-0.25, -0.2) is 4.79 Å². The van der Waals surface area contributed by atoms with Gasteiger partial charge in [0.15, 0.2) is 0 Å². The predicted octanol–water partition coefficient (Wildman–Crippen LogP) is 2.74. The van der Waals surface area contributed by atoms with E-state index >= 15 is 0 Å². The van der Waals surface area contributed by atoms with Crippen LogP contribution in [0.3, 0.4) is 0 Å². The molecule has 2 amide bonds. The third-order valence-corrected chi connectivity index (χ3v) is 5.19. The number of hydrogen-bond acceptors (Lipinski definition) is 5. The van der Waals surface area contributed by atoms with Gasteiger partial charge >= 0.3 is 6.03 Å². The van der Waals surface area contributed by atoms with Gasteiger partial charge in [-0.05, 0) is 19.3 Å². The fraction of sp³-hybridized carbons (Fsp3) is 0.786. The lowest BCUT2D eigenvalue weighted by Gasteiger charge is -2.18. The van der Waals surface area contributed by atoms with E-state index in [0.717, 1.165) is 24.6 Å². The lowest BCUT2D eigenvalue weighted by molar-refractivity contribution is 0.185. The highest BCUT2D eigenvalue weighted by molar-refractivity contribution is 7.15. The first-order valence-corrected chi connectivity index (χ1v) is 8.59. The molecule has 3 rings (SSSR count). The zero-order valence-corrected chi connectivity index (χ0v) is 13.0. The van der Waals surface area contributed by atoms with Crippen LogP contribution in [-0.4, -0.2) is 36.0 Å². The number of urea groups is 1. The lowest BCUT2D eigenvalue weighted by atomic mass is 9.90. The highest BCUT2D eigenvalue weighted by atomic mass is 32.1. The standard InChI is InChI=1S/C14H22N4O2S/c19-13(15-8-10-6-7-20-9-10)16-14-18-17-12(21-14)11-4-2-1-3-5-11/h10-11H,1-9H2,(H2,15,16,18,19)/t10-/m0/s1. The molecule has 1 aliphatic carbocycles. The van der Waals surface area contributed by atoms with Crippen LogP contribution in [0.4, 0.5) is 9.93 Å². The van der Waals surface area contributed by atoms with E-state index in [1.807, 2.05) is 0 Å². The first kappa shape index (κ1) is 14.7. The zero-order chi connectivity index (χ0) is 14.5. The molecule has 2 aliphatic rings. The number of anilines is 1. The molecule has 0 radical (unpaired) electrons. The summed E-state index contributed by atoms with van der Waals surface area (Å²) in [5.41, 5.74) is 0. The van der Waals surface area contributed by atoms with E-state index in [2.05, 4.69) is 20.8 Å². The third kappa shape index (κ3) is 4.14. The molecule has 2 heterocycles. The molecule has 7 heteroatoms. The number of aromatic nitrogens is 2. The summed E-state index contributed by atoms with van der Waals surface area (Å²) in [6, 6.07) is -0.201. The topological polar surface area (TPSA) is 76.1 Å². The number of ether oxygens (including phenoxy) is 1. The van der Waals surface area contributed by atoms with Crippen molar-refractivity contribution in [2.24, 2.45) is 5.92 Å². The normalized spacial score (nSPS) is 23.1. The summed E-state index contributed by atoms with van der Waals surface area (Å²) in [4.78, 5) is 11.8. The summed E-state index contributed by atoms with van der Waals surface area (Å²) in [5, 5.41) is 15.6. The van der Waals surface area contributed by atoms with E-state index in [0.29, 0.717) is 23.5 Å². The summed E-state index contributed by atoms with van der Waals surface area (Å²) in [6.07, 6.45) is 7.29. The van der Waals surface area contributed by atoms with Gasteiger partial charge in [-0.15, -0.1) is 10.2 Å². The maximum atomic E-state index is 11.8. The molecule has 21 heavy (non-hydrogen) atoms. The molecule has 1 aromatic rings. The zero-order valence-electron chi connectivity index (χ0n) is 12.1. The Kier molecular flexibility index (Phi) is 5.03. The molecule has 0 spiro atoms. The van der Waals surface area contributed by atoms with Crippen molar-refractivity contribution >= 4 is 22.5 Å². The van der Waals surface area contributed by atoms with Crippen LogP contribution in [0.25, 0.3) is 0 Å². The van der Waals surface area contributed by atoms with Gasteiger partial charge in [0.05, 0.1) is 6.61 Å². The largest absolute Gasteiger partial charge is 0.381 e. The van der Waals surface area contributed by atoms with Crippen LogP contribution in [0.5, 0.6) is 0 Å². The maximum absolute atomic E-state index is 11.8. The second-order valence-electron chi connectivity index (χ2n) is 5.85. The van der Waals surface area contributed by atoms with Crippen molar-refractivity contribution in [2.75, 3.05) is 25.1 Å². The number of nitrogens with one attached hydrogen (secondary N) is 2. The maximum Gasteiger partial charge on any atom is 0.321 e. The van der Waals surface area contributed by atoms with Gasteiger partial charge < -0.3 is 10.1 Å². The Hall–Kier alpha value is -1.21. The molecular formula is C14H22N4O2S. The Labute approximate surface area is 128 Å². The van der Waals surface area contributed by atoms with Crippen molar-refractivity contribution in [3.05, 3.63) is 5.01 Å². The monoisotopic (exact) mass is 310 g/mol. The highest BCUT2D eigenvalue weighted by Gasteiger charge is 2.20. The molecule has 0 unspecified atom stereocenters. The predicted molar refractivity (Wildman–Crippen MR) is 81.7 cm³/mol. The fourth-order valence-corrected chi connectivity index (χ4v) is 3.83.